The molecule has 2 N–H and O–H groups in total. The van der Waals surface area contributed by atoms with Crippen molar-refractivity contribution >= 4 is 18.0 Å². The monoisotopic (exact) mass is 459 g/mol. The number of ether oxygens (including phenoxy) is 1. The summed E-state index contributed by atoms with van der Waals surface area (Å²) >= 11 is 0. The molecule has 2 amide bonds. The fourth-order valence-electron chi connectivity index (χ4n) is 4.07. The van der Waals surface area contributed by atoms with Gasteiger partial charge in [0.15, 0.2) is 0 Å². The average molecular weight is 460 g/mol. The second kappa shape index (κ2) is 9.74. The predicted molar refractivity (Wildman–Crippen MR) is 125 cm³/mol. The summed E-state index contributed by atoms with van der Waals surface area (Å²) in [5, 5.41) is 11.8. The van der Waals surface area contributed by atoms with Gasteiger partial charge in [0.05, 0.1) is 12.2 Å². The molecule has 0 bridgehead atoms. The lowest BCUT2D eigenvalue weighted by atomic mass is 9.98. The quantitative estimate of drug-likeness (QED) is 0.558. The van der Waals surface area contributed by atoms with E-state index in [1.165, 1.54) is 32.3 Å². The maximum absolute atomic E-state index is 12.6. The van der Waals surface area contributed by atoms with Crippen LogP contribution in [0.2, 0.25) is 0 Å². The van der Waals surface area contributed by atoms with E-state index in [9.17, 15) is 14.4 Å². The fourth-order valence-corrected chi connectivity index (χ4v) is 4.07. The molecule has 8 nitrogen and oxygen atoms in total. The number of nitrogens with zero attached hydrogens (tertiary/aromatic N) is 2. The molecular weight excluding hydrogens is 434 g/mol. The van der Waals surface area contributed by atoms with E-state index in [0.29, 0.717) is 5.69 Å². The Morgan fingerprint density at radius 2 is 1.68 bits per heavy atom. The van der Waals surface area contributed by atoms with E-state index < -0.39 is 24.0 Å². The maximum atomic E-state index is 12.6. The number of hydrogen-bond donors (Lipinski definition) is 2. The highest BCUT2D eigenvalue weighted by molar-refractivity contribution is 5.96. The molecule has 1 aromatic heterocycles. The molecule has 0 saturated heterocycles. The lowest BCUT2D eigenvalue weighted by Gasteiger charge is -2.21. The molecule has 0 aliphatic heterocycles. The first-order valence-electron chi connectivity index (χ1n) is 10.9. The van der Waals surface area contributed by atoms with Crippen LogP contribution in [0.25, 0.3) is 11.1 Å². The van der Waals surface area contributed by atoms with Gasteiger partial charge in [0, 0.05) is 24.7 Å². The molecule has 1 aliphatic rings. The van der Waals surface area contributed by atoms with Gasteiger partial charge in [-0.1, -0.05) is 48.5 Å². The lowest BCUT2D eigenvalue weighted by Crippen LogP contribution is -2.40. The minimum absolute atomic E-state index is 0.0380. The van der Waals surface area contributed by atoms with Gasteiger partial charge in [-0.15, -0.1) is 0 Å². The maximum Gasteiger partial charge on any atom is 0.407 e. The van der Waals surface area contributed by atoms with Crippen molar-refractivity contribution in [3.8, 4) is 11.1 Å². The minimum atomic E-state index is -1.10. The molecule has 8 heteroatoms. The summed E-state index contributed by atoms with van der Waals surface area (Å²) in [5.41, 5.74) is 5.30. The second-order valence-electron chi connectivity index (χ2n) is 8.15. The number of nitrogens with one attached hydrogen (secondary N) is 1. The zero-order valence-corrected chi connectivity index (χ0v) is 18.9. The smallest absolute Gasteiger partial charge is 0.407 e. The van der Waals surface area contributed by atoms with Gasteiger partial charge in [0.2, 0.25) is 0 Å². The zero-order chi connectivity index (χ0) is 24.2. The van der Waals surface area contributed by atoms with Crippen molar-refractivity contribution in [3.63, 3.8) is 0 Å². The number of fused-ring (bicyclic) bond motifs is 3. The number of pyridine rings is 1. The van der Waals surface area contributed by atoms with Crippen molar-refractivity contribution in [2.75, 3.05) is 13.7 Å². The fraction of sp³-hybridized carbons (Fsp3) is 0.231. The van der Waals surface area contributed by atoms with Gasteiger partial charge in [-0.05, 0) is 41.3 Å². The summed E-state index contributed by atoms with van der Waals surface area (Å²) in [6, 6.07) is 18.3. The van der Waals surface area contributed by atoms with E-state index in [1.54, 1.807) is 0 Å². The molecule has 174 valence electrons. The summed E-state index contributed by atoms with van der Waals surface area (Å²) < 4.78 is 5.52. The molecule has 4 rings (SSSR count). The summed E-state index contributed by atoms with van der Waals surface area (Å²) in [6.07, 6.45) is 0.860. The average Bonchev–Trinajstić information content (AvgIpc) is 3.18. The number of carbonyl (C=O) groups excluding carboxylic acids is 2. The zero-order valence-electron chi connectivity index (χ0n) is 18.9. The van der Waals surface area contributed by atoms with Gasteiger partial charge >= 0.3 is 12.1 Å². The number of amides is 2. The first-order valence-corrected chi connectivity index (χ1v) is 10.9. The molecule has 0 radical (unpaired) electrons. The molecule has 34 heavy (non-hydrogen) atoms. The Labute approximate surface area is 197 Å². The summed E-state index contributed by atoms with van der Waals surface area (Å²) in [6.45, 7) is 1.70. The number of aliphatic carboxylic acids is 1. The number of benzene rings is 2. The molecule has 3 aromatic rings. The number of carboxylic acid groups (broad SMARTS) is 1. The molecule has 1 aliphatic carbocycles. The lowest BCUT2D eigenvalue weighted by molar-refractivity contribution is -0.141. The van der Waals surface area contributed by atoms with Crippen LogP contribution in [0.15, 0.2) is 66.9 Å². The van der Waals surface area contributed by atoms with E-state index in [2.05, 4.69) is 34.6 Å². The van der Waals surface area contributed by atoms with Gasteiger partial charge in [-0.25, -0.2) is 9.59 Å². The number of carboxylic acids is 1. The van der Waals surface area contributed by atoms with Crippen LogP contribution in [0, 0.1) is 0 Å². The predicted octanol–water partition coefficient (Wildman–Crippen LogP) is 3.67. The first kappa shape index (κ1) is 23.0. The Bertz CT molecular complexity index is 1200. The highest BCUT2D eigenvalue weighted by Crippen LogP contribution is 2.44. The normalized spacial score (nSPS) is 12.9. The van der Waals surface area contributed by atoms with Crippen molar-refractivity contribution in [3.05, 3.63) is 89.2 Å². The molecule has 1 heterocycles. The van der Waals surface area contributed by atoms with Crippen molar-refractivity contribution < 1.29 is 24.2 Å². The Balaban J connectivity index is 1.36. The van der Waals surface area contributed by atoms with E-state index in [4.69, 9.17) is 9.84 Å². The van der Waals surface area contributed by atoms with Gasteiger partial charge < -0.3 is 20.1 Å². The number of hydrogen-bond acceptors (Lipinski definition) is 5. The number of aromatic nitrogens is 1. The molecule has 0 unspecified atom stereocenters. The minimum Gasteiger partial charge on any atom is -0.480 e. The van der Waals surface area contributed by atoms with Crippen LogP contribution in [0.4, 0.5) is 4.79 Å². The number of rotatable bonds is 7. The third-order valence-electron chi connectivity index (χ3n) is 6.08. The van der Waals surface area contributed by atoms with Gasteiger partial charge in [0.1, 0.15) is 12.6 Å². The third kappa shape index (κ3) is 4.61. The van der Waals surface area contributed by atoms with Crippen LogP contribution in [-0.2, 0) is 16.1 Å². The standard InChI is InChI=1S/C26H25N3O5/c1-16(25(31)32)29(2)24(30)17-11-12-27-18(13-17)14-28-26(33)34-15-23-21-9-5-3-7-19(21)20-8-4-6-10-22(20)23/h3-13,16,23H,14-15H2,1-2H3,(H,28,33)(H,31,32)/t16-/m0/s1. The van der Waals surface area contributed by atoms with E-state index >= 15 is 0 Å². The number of alkyl carbamates (subject to hydrolysis) is 1. The van der Waals surface area contributed by atoms with Gasteiger partial charge in [0.25, 0.3) is 5.91 Å². The second-order valence-corrected chi connectivity index (χ2v) is 8.15. The Kier molecular flexibility index (Phi) is 6.58. The molecular formula is C26H25N3O5. The van der Waals surface area contributed by atoms with Crippen molar-refractivity contribution in [2.24, 2.45) is 0 Å². The number of likely N-dealkylation sites (N-methyl/N-ethyl adjacent to an activating group) is 1. The molecule has 0 fully saturated rings. The molecule has 0 saturated carbocycles. The van der Waals surface area contributed by atoms with Crippen molar-refractivity contribution in [1.82, 2.24) is 15.2 Å². The Hall–Kier alpha value is -4.20. The summed E-state index contributed by atoms with van der Waals surface area (Å²) in [5.74, 6) is -1.58. The molecule has 0 spiro atoms. The first-order chi connectivity index (χ1) is 16.4. The molecule has 1 atom stereocenters. The van der Waals surface area contributed by atoms with E-state index in [1.807, 2.05) is 24.3 Å². The Morgan fingerprint density at radius 1 is 1.06 bits per heavy atom. The van der Waals surface area contributed by atoms with E-state index in [0.717, 1.165) is 27.2 Å². The van der Waals surface area contributed by atoms with Crippen LogP contribution < -0.4 is 5.32 Å². The van der Waals surface area contributed by atoms with Crippen molar-refractivity contribution in [1.29, 1.82) is 0 Å². The van der Waals surface area contributed by atoms with Gasteiger partial charge in [-0.3, -0.25) is 9.78 Å². The topological polar surface area (TPSA) is 109 Å². The SMILES string of the molecule is C[C@@H](C(=O)O)N(C)C(=O)c1ccnc(CNC(=O)OCC2c3ccccc3-c3ccccc32)c1. The van der Waals surface area contributed by atoms with Crippen LogP contribution in [0.3, 0.4) is 0 Å². The van der Waals surface area contributed by atoms with E-state index in [-0.39, 0.29) is 24.6 Å². The highest BCUT2D eigenvalue weighted by atomic mass is 16.5. The van der Waals surface area contributed by atoms with Crippen LogP contribution in [-0.4, -0.2) is 52.7 Å². The highest BCUT2D eigenvalue weighted by Gasteiger charge is 2.29. The van der Waals surface area contributed by atoms with Crippen LogP contribution in [0.5, 0.6) is 0 Å². The van der Waals surface area contributed by atoms with Crippen molar-refractivity contribution in [2.45, 2.75) is 25.4 Å². The third-order valence-corrected chi connectivity index (χ3v) is 6.08. The summed E-state index contributed by atoms with van der Waals surface area (Å²) in [4.78, 5) is 41.4. The van der Waals surface area contributed by atoms with Gasteiger partial charge in [-0.2, -0.15) is 0 Å². The van der Waals surface area contributed by atoms with Crippen LogP contribution in [0.1, 0.15) is 40.0 Å². The largest absolute Gasteiger partial charge is 0.480 e. The van der Waals surface area contributed by atoms with Crippen LogP contribution >= 0.6 is 0 Å². The number of carbonyl (C=O) groups is 3. The Morgan fingerprint density at radius 3 is 2.29 bits per heavy atom. The molecule has 2 aromatic carbocycles. The summed E-state index contributed by atoms with van der Waals surface area (Å²) in [7, 11) is 1.43.